The number of para-hydroxylation sites is 2. The first-order valence-corrected chi connectivity index (χ1v) is 8.06. The molecule has 2 aliphatic heterocycles. The van der Waals surface area contributed by atoms with Crippen LogP contribution in [0.1, 0.15) is 23.5 Å². The summed E-state index contributed by atoms with van der Waals surface area (Å²) in [4.78, 5) is 29.7. The Labute approximate surface area is 143 Å². The van der Waals surface area contributed by atoms with Crippen LogP contribution in [-0.2, 0) is 11.8 Å². The fraction of sp³-hybridized carbons (Fsp3) is 0.375. The molecule has 3 N–H and O–H groups in total. The molecule has 0 aliphatic carbocycles. The number of hydrogen-bond donors (Lipinski definition) is 3. The van der Waals surface area contributed by atoms with E-state index >= 15 is 0 Å². The van der Waals surface area contributed by atoms with Gasteiger partial charge in [0, 0.05) is 20.1 Å². The van der Waals surface area contributed by atoms with Gasteiger partial charge in [0.1, 0.15) is 5.54 Å². The number of benzene rings is 1. The summed E-state index contributed by atoms with van der Waals surface area (Å²) in [6, 6.07) is 7.63. The third-order valence-electron chi connectivity index (χ3n) is 4.82. The first-order valence-electron chi connectivity index (χ1n) is 8.06. The number of carbonyl (C=O) groups is 2. The Balaban J connectivity index is 1.54. The van der Waals surface area contributed by atoms with Gasteiger partial charge in [-0.2, -0.15) is 4.98 Å². The Kier molecular flexibility index (Phi) is 3.38. The molecule has 2 aromatic rings. The van der Waals surface area contributed by atoms with Gasteiger partial charge in [-0.25, -0.2) is 9.48 Å². The van der Waals surface area contributed by atoms with Crippen LogP contribution in [0.4, 0.5) is 17.3 Å². The van der Waals surface area contributed by atoms with Crippen molar-refractivity contribution >= 4 is 29.2 Å². The predicted octanol–water partition coefficient (Wildman–Crippen LogP) is 0.916. The van der Waals surface area contributed by atoms with Gasteiger partial charge >= 0.3 is 5.97 Å². The number of aromatic carboxylic acids is 1. The van der Waals surface area contributed by atoms with Crippen molar-refractivity contribution in [3.8, 4) is 0 Å². The SMILES string of the molecule is Cn1nc(C(=O)O)nc1N1CCC2(CC1)Nc1ccccc1NC2=O. The van der Waals surface area contributed by atoms with Gasteiger partial charge in [0.05, 0.1) is 11.4 Å². The second-order valence-corrected chi connectivity index (χ2v) is 6.36. The van der Waals surface area contributed by atoms with E-state index < -0.39 is 11.5 Å². The summed E-state index contributed by atoms with van der Waals surface area (Å²) < 4.78 is 1.46. The van der Waals surface area contributed by atoms with Crippen molar-refractivity contribution in [2.24, 2.45) is 7.05 Å². The lowest BCUT2D eigenvalue weighted by atomic mass is 9.84. The average Bonchev–Trinajstić information content (AvgIpc) is 2.99. The van der Waals surface area contributed by atoms with E-state index in [0.717, 1.165) is 11.4 Å². The summed E-state index contributed by atoms with van der Waals surface area (Å²) >= 11 is 0. The summed E-state index contributed by atoms with van der Waals surface area (Å²) in [6.45, 7) is 1.16. The van der Waals surface area contributed by atoms with Crippen molar-refractivity contribution in [1.82, 2.24) is 14.8 Å². The molecular formula is C16H18N6O3. The standard InChI is InChI=1S/C16H18N6O3/c1-21-15(18-12(20-21)13(23)24)22-8-6-16(7-9-22)14(25)17-10-4-2-3-5-11(10)19-16/h2-5,19H,6-9H2,1H3,(H,17,25)(H,23,24). The minimum absolute atomic E-state index is 0.0324. The second-order valence-electron chi connectivity index (χ2n) is 6.36. The Bertz CT molecular complexity index is 853. The van der Waals surface area contributed by atoms with E-state index in [9.17, 15) is 9.59 Å². The van der Waals surface area contributed by atoms with Crippen molar-refractivity contribution in [3.05, 3.63) is 30.1 Å². The van der Waals surface area contributed by atoms with E-state index in [1.165, 1.54) is 4.68 Å². The number of nitrogens with one attached hydrogen (secondary N) is 2. The largest absolute Gasteiger partial charge is 0.475 e. The lowest BCUT2D eigenvalue weighted by Gasteiger charge is -2.44. The number of aryl methyl sites for hydroxylation is 1. The molecule has 0 saturated carbocycles. The number of hydrogen-bond acceptors (Lipinski definition) is 6. The van der Waals surface area contributed by atoms with Gasteiger partial charge in [-0.3, -0.25) is 4.79 Å². The van der Waals surface area contributed by atoms with E-state index in [4.69, 9.17) is 5.11 Å². The molecule has 1 aromatic carbocycles. The summed E-state index contributed by atoms with van der Waals surface area (Å²) in [6.07, 6.45) is 1.17. The fourth-order valence-electron chi connectivity index (χ4n) is 3.44. The first-order chi connectivity index (χ1) is 12.0. The number of fused-ring (bicyclic) bond motifs is 1. The zero-order chi connectivity index (χ0) is 17.6. The molecule has 9 heteroatoms. The maximum atomic E-state index is 12.6. The summed E-state index contributed by atoms with van der Waals surface area (Å²) in [7, 11) is 1.67. The van der Waals surface area contributed by atoms with Crippen molar-refractivity contribution in [2.75, 3.05) is 28.6 Å². The smallest absolute Gasteiger partial charge is 0.375 e. The molecular weight excluding hydrogens is 324 g/mol. The quantitative estimate of drug-likeness (QED) is 0.744. The van der Waals surface area contributed by atoms with Gasteiger partial charge < -0.3 is 20.6 Å². The first kappa shape index (κ1) is 15.4. The highest BCUT2D eigenvalue weighted by atomic mass is 16.4. The average molecular weight is 342 g/mol. The number of nitrogens with zero attached hydrogens (tertiary/aromatic N) is 4. The molecule has 1 fully saturated rings. The van der Waals surface area contributed by atoms with Crippen LogP contribution in [0, 0.1) is 0 Å². The third kappa shape index (κ3) is 2.48. The molecule has 3 heterocycles. The van der Waals surface area contributed by atoms with Crippen LogP contribution in [-0.4, -0.2) is 50.4 Å². The number of carboxylic acid groups (broad SMARTS) is 1. The van der Waals surface area contributed by atoms with Crippen LogP contribution in [0.5, 0.6) is 0 Å². The third-order valence-corrected chi connectivity index (χ3v) is 4.82. The molecule has 1 aromatic heterocycles. The van der Waals surface area contributed by atoms with E-state index in [1.807, 2.05) is 29.2 Å². The number of aromatic nitrogens is 3. The van der Waals surface area contributed by atoms with Crippen LogP contribution in [0.15, 0.2) is 24.3 Å². The number of rotatable bonds is 2. The number of amides is 1. The molecule has 9 nitrogen and oxygen atoms in total. The monoisotopic (exact) mass is 342 g/mol. The lowest BCUT2D eigenvalue weighted by Crippen LogP contribution is -2.58. The Morgan fingerprint density at radius 2 is 1.92 bits per heavy atom. The van der Waals surface area contributed by atoms with E-state index in [2.05, 4.69) is 20.7 Å². The maximum absolute atomic E-state index is 12.6. The molecule has 0 bridgehead atoms. The zero-order valence-corrected chi connectivity index (χ0v) is 13.7. The van der Waals surface area contributed by atoms with Gasteiger partial charge in [-0.1, -0.05) is 12.1 Å². The summed E-state index contributed by atoms with van der Waals surface area (Å²) in [5.41, 5.74) is 1.06. The second kappa shape index (κ2) is 5.47. The molecule has 0 unspecified atom stereocenters. The molecule has 1 spiro atoms. The van der Waals surface area contributed by atoms with Crippen molar-refractivity contribution < 1.29 is 14.7 Å². The minimum Gasteiger partial charge on any atom is -0.475 e. The van der Waals surface area contributed by atoms with Gasteiger partial charge in [0.2, 0.25) is 11.9 Å². The number of anilines is 3. The highest BCUT2D eigenvalue weighted by molar-refractivity contribution is 6.06. The molecule has 0 radical (unpaired) electrons. The number of carbonyl (C=O) groups excluding carboxylic acids is 1. The summed E-state index contributed by atoms with van der Waals surface area (Å²) in [5.74, 6) is -0.903. The molecule has 2 aliphatic rings. The minimum atomic E-state index is -1.15. The van der Waals surface area contributed by atoms with E-state index in [1.54, 1.807) is 7.05 Å². The van der Waals surface area contributed by atoms with Gasteiger partial charge in [-0.15, -0.1) is 5.10 Å². The number of carboxylic acids is 1. The molecule has 0 atom stereocenters. The Morgan fingerprint density at radius 1 is 1.24 bits per heavy atom. The van der Waals surface area contributed by atoms with Crippen LogP contribution in [0.3, 0.4) is 0 Å². The molecule has 1 saturated heterocycles. The van der Waals surface area contributed by atoms with Gasteiger partial charge in [0.25, 0.3) is 5.82 Å². The topological polar surface area (TPSA) is 112 Å². The highest BCUT2D eigenvalue weighted by Crippen LogP contribution is 2.36. The molecule has 130 valence electrons. The van der Waals surface area contributed by atoms with E-state index in [-0.39, 0.29) is 11.7 Å². The van der Waals surface area contributed by atoms with Crippen LogP contribution >= 0.6 is 0 Å². The Hall–Kier alpha value is -3.10. The van der Waals surface area contributed by atoms with Crippen LogP contribution < -0.4 is 15.5 Å². The molecule has 1 amide bonds. The highest BCUT2D eigenvalue weighted by Gasteiger charge is 2.44. The van der Waals surface area contributed by atoms with Gasteiger partial charge in [0.15, 0.2) is 0 Å². The fourth-order valence-corrected chi connectivity index (χ4v) is 3.44. The normalized spacial score (nSPS) is 18.4. The van der Waals surface area contributed by atoms with Gasteiger partial charge in [-0.05, 0) is 25.0 Å². The Morgan fingerprint density at radius 3 is 2.56 bits per heavy atom. The van der Waals surface area contributed by atoms with Crippen molar-refractivity contribution in [1.29, 1.82) is 0 Å². The maximum Gasteiger partial charge on any atom is 0.375 e. The van der Waals surface area contributed by atoms with Crippen LogP contribution in [0.25, 0.3) is 0 Å². The van der Waals surface area contributed by atoms with E-state index in [0.29, 0.717) is 31.9 Å². The predicted molar refractivity (Wildman–Crippen MR) is 90.8 cm³/mol. The lowest BCUT2D eigenvalue weighted by molar-refractivity contribution is -0.121. The zero-order valence-electron chi connectivity index (χ0n) is 13.7. The number of piperidine rings is 1. The van der Waals surface area contributed by atoms with Crippen molar-refractivity contribution in [3.63, 3.8) is 0 Å². The molecule has 4 rings (SSSR count). The molecule has 25 heavy (non-hydrogen) atoms. The van der Waals surface area contributed by atoms with Crippen molar-refractivity contribution in [2.45, 2.75) is 18.4 Å². The van der Waals surface area contributed by atoms with Crippen LogP contribution in [0.2, 0.25) is 0 Å². The summed E-state index contributed by atoms with van der Waals surface area (Å²) in [5, 5.41) is 19.3.